The van der Waals surface area contributed by atoms with Crippen LogP contribution in [0.1, 0.15) is 6.42 Å². The molecule has 1 amide bonds. The Labute approximate surface area is 58.8 Å². The lowest BCUT2D eigenvalue weighted by molar-refractivity contribution is -0.113. The van der Waals surface area contributed by atoms with Crippen molar-refractivity contribution in [3.05, 3.63) is 24.8 Å². The zero-order valence-corrected chi connectivity index (χ0v) is 5.41. The molecule has 0 aromatic carbocycles. The quantitative estimate of drug-likeness (QED) is 0.252. The highest BCUT2D eigenvalue weighted by atomic mass is 16.2. The molecule has 0 aliphatic carbocycles. The second kappa shape index (κ2) is 5.66. The number of amides is 1. The molecule has 0 aliphatic rings. The number of carbonyl (C=O) groups excluding carboxylic acids is 2. The fourth-order valence-electron chi connectivity index (χ4n) is 0.347. The van der Waals surface area contributed by atoms with Gasteiger partial charge in [-0.25, -0.2) is 4.79 Å². The summed E-state index contributed by atoms with van der Waals surface area (Å²) in [7, 11) is 0. The van der Waals surface area contributed by atoms with Crippen LogP contribution in [0.2, 0.25) is 0 Å². The van der Waals surface area contributed by atoms with Gasteiger partial charge < -0.3 is 0 Å². The molecule has 0 aromatic rings. The Morgan fingerprint density at radius 2 is 2.40 bits per heavy atom. The Kier molecular flexibility index (Phi) is 4.83. The number of carbonyl (C=O) groups is 1. The normalized spacial score (nSPS) is 8.80. The lowest BCUT2D eigenvalue weighted by Gasteiger charge is -1.76. The van der Waals surface area contributed by atoms with E-state index in [-0.39, 0.29) is 0 Å². The SMILES string of the molecule is C=CCC=CC(=O)N=C=O. The minimum atomic E-state index is -0.586. The van der Waals surface area contributed by atoms with Gasteiger partial charge in [0.1, 0.15) is 0 Å². The van der Waals surface area contributed by atoms with Crippen LogP contribution in [0.5, 0.6) is 0 Å². The van der Waals surface area contributed by atoms with Crippen LogP contribution in [0, 0.1) is 0 Å². The Hall–Kier alpha value is -1.47. The average Bonchev–Trinajstić information content (AvgIpc) is 1.89. The van der Waals surface area contributed by atoms with Crippen molar-refractivity contribution in [1.82, 2.24) is 0 Å². The molecule has 0 atom stereocenters. The third-order valence-corrected chi connectivity index (χ3v) is 0.719. The highest BCUT2D eigenvalue weighted by Crippen LogP contribution is 1.83. The minimum absolute atomic E-state index is 0.586. The Morgan fingerprint density at radius 1 is 1.70 bits per heavy atom. The second-order valence-electron chi connectivity index (χ2n) is 1.47. The summed E-state index contributed by atoms with van der Waals surface area (Å²) in [6.45, 7) is 3.43. The lowest BCUT2D eigenvalue weighted by atomic mass is 10.4. The van der Waals surface area contributed by atoms with Crippen molar-refractivity contribution in [3.8, 4) is 0 Å². The fraction of sp³-hybridized carbons (Fsp3) is 0.143. The van der Waals surface area contributed by atoms with Gasteiger partial charge in [-0.2, -0.15) is 0 Å². The monoisotopic (exact) mass is 137 g/mol. The molecule has 0 bridgehead atoms. The Morgan fingerprint density at radius 3 is 2.90 bits per heavy atom. The Balaban J connectivity index is 3.77. The van der Waals surface area contributed by atoms with Crippen LogP contribution in [0.15, 0.2) is 29.8 Å². The van der Waals surface area contributed by atoms with Gasteiger partial charge in [0.25, 0.3) is 5.91 Å². The maximum Gasteiger partial charge on any atom is 0.280 e. The van der Waals surface area contributed by atoms with Gasteiger partial charge >= 0.3 is 0 Å². The topological polar surface area (TPSA) is 46.5 Å². The maximum absolute atomic E-state index is 10.4. The molecule has 52 valence electrons. The number of isocyanates is 1. The highest BCUT2D eigenvalue weighted by molar-refractivity contribution is 5.91. The largest absolute Gasteiger partial charge is 0.280 e. The summed E-state index contributed by atoms with van der Waals surface area (Å²) in [5.74, 6) is -0.586. The predicted octanol–water partition coefficient (Wildman–Crippen LogP) is 0.981. The van der Waals surface area contributed by atoms with Crippen molar-refractivity contribution in [2.24, 2.45) is 4.99 Å². The third kappa shape index (κ3) is 4.68. The van der Waals surface area contributed by atoms with Crippen molar-refractivity contribution in [2.45, 2.75) is 6.42 Å². The van der Waals surface area contributed by atoms with Gasteiger partial charge in [0.15, 0.2) is 0 Å². The number of hydrogen-bond donors (Lipinski definition) is 0. The number of hydrogen-bond acceptors (Lipinski definition) is 2. The van der Waals surface area contributed by atoms with Crippen LogP contribution in [0.4, 0.5) is 0 Å². The van der Waals surface area contributed by atoms with Crippen LogP contribution < -0.4 is 0 Å². The molecule has 0 unspecified atom stereocenters. The molecular formula is C7H7NO2. The predicted molar refractivity (Wildman–Crippen MR) is 37.1 cm³/mol. The molecule has 3 nitrogen and oxygen atoms in total. The van der Waals surface area contributed by atoms with E-state index in [1.807, 2.05) is 0 Å². The molecule has 0 fully saturated rings. The van der Waals surface area contributed by atoms with Crippen molar-refractivity contribution < 1.29 is 9.59 Å². The molecule has 0 aromatic heterocycles. The molecule has 3 heteroatoms. The number of aliphatic imine (C=N–C) groups is 1. The van der Waals surface area contributed by atoms with Gasteiger partial charge in [0.05, 0.1) is 0 Å². The molecular weight excluding hydrogens is 130 g/mol. The standard InChI is InChI=1S/C7H7NO2/c1-2-3-4-5-7(10)8-6-9/h2,4-5H,1,3H2. The molecule has 0 heterocycles. The number of rotatable bonds is 3. The van der Waals surface area contributed by atoms with Crippen molar-refractivity contribution in [1.29, 1.82) is 0 Å². The van der Waals surface area contributed by atoms with E-state index in [2.05, 4.69) is 11.6 Å². The molecule has 0 spiro atoms. The molecule has 0 N–H and O–H groups in total. The summed E-state index contributed by atoms with van der Waals surface area (Å²) in [5.41, 5.74) is 0. The lowest BCUT2D eigenvalue weighted by Crippen LogP contribution is -1.83. The van der Waals surface area contributed by atoms with E-state index in [9.17, 15) is 9.59 Å². The van der Waals surface area contributed by atoms with Gasteiger partial charge in [-0.05, 0) is 6.42 Å². The van der Waals surface area contributed by atoms with Crippen molar-refractivity contribution in [2.75, 3.05) is 0 Å². The second-order valence-corrected chi connectivity index (χ2v) is 1.47. The first-order valence-corrected chi connectivity index (χ1v) is 2.70. The van der Waals surface area contributed by atoms with Crippen LogP contribution in [-0.4, -0.2) is 12.0 Å². The van der Waals surface area contributed by atoms with Crippen LogP contribution in [-0.2, 0) is 9.59 Å². The van der Waals surface area contributed by atoms with E-state index in [0.29, 0.717) is 6.42 Å². The van der Waals surface area contributed by atoms with Crippen molar-refractivity contribution >= 4 is 12.0 Å². The molecule has 0 saturated heterocycles. The van der Waals surface area contributed by atoms with Crippen LogP contribution >= 0.6 is 0 Å². The number of allylic oxidation sites excluding steroid dienone is 2. The van der Waals surface area contributed by atoms with Crippen molar-refractivity contribution in [3.63, 3.8) is 0 Å². The maximum atomic E-state index is 10.4. The zero-order chi connectivity index (χ0) is 7.82. The van der Waals surface area contributed by atoms with E-state index in [0.717, 1.165) is 6.08 Å². The van der Waals surface area contributed by atoms with E-state index in [1.54, 1.807) is 12.2 Å². The van der Waals surface area contributed by atoms with E-state index >= 15 is 0 Å². The van der Waals surface area contributed by atoms with Crippen LogP contribution in [0.3, 0.4) is 0 Å². The highest BCUT2D eigenvalue weighted by Gasteiger charge is 1.85. The zero-order valence-electron chi connectivity index (χ0n) is 5.41. The first-order valence-electron chi connectivity index (χ1n) is 2.70. The summed E-state index contributed by atoms with van der Waals surface area (Å²) < 4.78 is 0. The number of nitrogens with zero attached hydrogens (tertiary/aromatic N) is 1. The molecule has 0 radical (unpaired) electrons. The summed E-state index contributed by atoms with van der Waals surface area (Å²) >= 11 is 0. The third-order valence-electron chi connectivity index (χ3n) is 0.719. The molecule has 0 saturated carbocycles. The minimum Gasteiger partial charge on any atom is -0.267 e. The van der Waals surface area contributed by atoms with E-state index < -0.39 is 5.91 Å². The van der Waals surface area contributed by atoms with E-state index in [1.165, 1.54) is 6.08 Å². The van der Waals surface area contributed by atoms with E-state index in [4.69, 9.17) is 0 Å². The molecule has 0 aliphatic heterocycles. The molecule has 0 rings (SSSR count). The van der Waals surface area contributed by atoms with Crippen LogP contribution in [0.25, 0.3) is 0 Å². The smallest absolute Gasteiger partial charge is 0.267 e. The fourth-order valence-corrected chi connectivity index (χ4v) is 0.347. The Bertz CT molecular complexity index is 200. The first-order chi connectivity index (χ1) is 4.81. The van der Waals surface area contributed by atoms with Gasteiger partial charge in [-0.3, -0.25) is 4.79 Å². The summed E-state index contributed by atoms with van der Waals surface area (Å²) in [4.78, 5) is 22.7. The van der Waals surface area contributed by atoms with Gasteiger partial charge in [0.2, 0.25) is 6.08 Å². The summed E-state index contributed by atoms with van der Waals surface area (Å²) in [5, 5.41) is 0. The molecule has 10 heavy (non-hydrogen) atoms. The van der Waals surface area contributed by atoms with Gasteiger partial charge in [0, 0.05) is 6.08 Å². The average molecular weight is 137 g/mol. The van der Waals surface area contributed by atoms with Gasteiger partial charge in [-0.1, -0.05) is 12.2 Å². The van der Waals surface area contributed by atoms with Gasteiger partial charge in [-0.15, -0.1) is 11.6 Å². The first kappa shape index (κ1) is 8.53. The summed E-state index contributed by atoms with van der Waals surface area (Å²) in [6.07, 6.45) is 6.14. The summed E-state index contributed by atoms with van der Waals surface area (Å²) in [6, 6.07) is 0.